The van der Waals surface area contributed by atoms with Crippen LogP contribution in [0.1, 0.15) is 17.3 Å². The normalized spacial score (nSPS) is 10.1. The molecule has 0 aliphatic rings. The van der Waals surface area contributed by atoms with Gasteiger partial charge in [-0.05, 0) is 13.0 Å². The van der Waals surface area contributed by atoms with Crippen LogP contribution in [0.15, 0.2) is 31.1 Å². The second kappa shape index (κ2) is 3.37. The highest BCUT2D eigenvalue weighted by molar-refractivity contribution is 5.94. The van der Waals surface area contributed by atoms with E-state index in [2.05, 4.69) is 15.1 Å². The lowest BCUT2D eigenvalue weighted by Gasteiger charge is -2.00. The molecule has 0 bridgehead atoms. The summed E-state index contributed by atoms with van der Waals surface area (Å²) in [5.74, 6) is -0.0144. The Hall–Kier alpha value is -2.04. The van der Waals surface area contributed by atoms with Gasteiger partial charge >= 0.3 is 0 Å². The molecule has 0 aliphatic carbocycles. The standard InChI is InChI=1S/C9H8N4O/c1-7(14)8-2-9(4-10-3-8)13-6-11-5-12-13/h2-6H,1H3. The summed E-state index contributed by atoms with van der Waals surface area (Å²) in [6.07, 6.45) is 6.14. The van der Waals surface area contributed by atoms with E-state index >= 15 is 0 Å². The molecule has 14 heavy (non-hydrogen) atoms. The van der Waals surface area contributed by atoms with Crippen LogP contribution in [0.25, 0.3) is 5.69 Å². The van der Waals surface area contributed by atoms with Gasteiger partial charge in [0, 0.05) is 11.8 Å². The molecule has 0 fully saturated rings. The summed E-state index contributed by atoms with van der Waals surface area (Å²) in [6.45, 7) is 1.50. The molecule has 2 aromatic heterocycles. The lowest BCUT2D eigenvalue weighted by atomic mass is 10.2. The van der Waals surface area contributed by atoms with E-state index in [-0.39, 0.29) is 5.78 Å². The Morgan fingerprint density at radius 2 is 2.21 bits per heavy atom. The maximum absolute atomic E-state index is 11.1. The number of ketones is 1. The van der Waals surface area contributed by atoms with Gasteiger partial charge in [0.15, 0.2) is 5.78 Å². The van der Waals surface area contributed by atoms with E-state index in [1.165, 1.54) is 19.4 Å². The van der Waals surface area contributed by atoms with Crippen molar-refractivity contribution in [2.24, 2.45) is 0 Å². The predicted molar refractivity (Wildman–Crippen MR) is 49.2 cm³/mol. The van der Waals surface area contributed by atoms with E-state index in [1.54, 1.807) is 23.3 Å². The topological polar surface area (TPSA) is 60.7 Å². The molecule has 0 saturated carbocycles. The van der Waals surface area contributed by atoms with E-state index in [1.807, 2.05) is 0 Å². The number of pyridine rings is 1. The summed E-state index contributed by atoms with van der Waals surface area (Å²) in [5.41, 5.74) is 1.30. The number of Topliss-reactive ketones (excluding diaryl/α,β-unsaturated/α-hetero) is 1. The van der Waals surface area contributed by atoms with Crippen molar-refractivity contribution < 1.29 is 4.79 Å². The number of hydrogen-bond donors (Lipinski definition) is 0. The van der Waals surface area contributed by atoms with Gasteiger partial charge in [-0.2, -0.15) is 5.10 Å². The van der Waals surface area contributed by atoms with Crippen molar-refractivity contribution in [1.29, 1.82) is 0 Å². The van der Waals surface area contributed by atoms with Gasteiger partial charge < -0.3 is 0 Å². The van der Waals surface area contributed by atoms with Crippen LogP contribution in [-0.4, -0.2) is 25.5 Å². The van der Waals surface area contributed by atoms with Crippen LogP contribution < -0.4 is 0 Å². The van der Waals surface area contributed by atoms with Crippen LogP contribution in [0.2, 0.25) is 0 Å². The molecule has 70 valence electrons. The van der Waals surface area contributed by atoms with Crippen molar-refractivity contribution in [2.45, 2.75) is 6.92 Å². The average molecular weight is 188 g/mol. The number of nitrogens with zero attached hydrogens (tertiary/aromatic N) is 4. The summed E-state index contributed by atoms with van der Waals surface area (Å²) in [6, 6.07) is 1.73. The molecule has 2 heterocycles. The molecule has 0 radical (unpaired) electrons. The first-order chi connectivity index (χ1) is 6.77. The molecule has 0 aliphatic heterocycles. The highest BCUT2D eigenvalue weighted by Crippen LogP contribution is 2.06. The lowest BCUT2D eigenvalue weighted by Crippen LogP contribution is -1.99. The minimum absolute atomic E-state index is 0.0144. The van der Waals surface area contributed by atoms with Crippen molar-refractivity contribution in [1.82, 2.24) is 19.7 Å². The zero-order valence-corrected chi connectivity index (χ0v) is 7.58. The third-order valence-electron chi connectivity index (χ3n) is 1.81. The Labute approximate surface area is 80.4 Å². The molecule has 0 N–H and O–H groups in total. The number of rotatable bonds is 2. The van der Waals surface area contributed by atoms with Gasteiger partial charge in [0.05, 0.1) is 11.9 Å². The molecule has 0 amide bonds. The summed E-state index contributed by atoms with van der Waals surface area (Å²) in [4.78, 5) is 18.8. The van der Waals surface area contributed by atoms with Crippen molar-refractivity contribution in [2.75, 3.05) is 0 Å². The molecule has 5 nitrogen and oxygen atoms in total. The van der Waals surface area contributed by atoms with Crippen LogP contribution >= 0.6 is 0 Å². The zero-order valence-electron chi connectivity index (χ0n) is 7.58. The van der Waals surface area contributed by atoms with Crippen LogP contribution in [0, 0.1) is 0 Å². The Morgan fingerprint density at radius 1 is 1.36 bits per heavy atom. The van der Waals surface area contributed by atoms with Gasteiger partial charge in [0.25, 0.3) is 0 Å². The average Bonchev–Trinajstić information content (AvgIpc) is 2.71. The maximum atomic E-state index is 11.1. The van der Waals surface area contributed by atoms with Crippen LogP contribution in [-0.2, 0) is 0 Å². The SMILES string of the molecule is CC(=O)c1cncc(-n2cncn2)c1. The van der Waals surface area contributed by atoms with Gasteiger partial charge in [-0.1, -0.05) is 0 Å². The second-order valence-electron chi connectivity index (χ2n) is 2.83. The van der Waals surface area contributed by atoms with Crippen molar-refractivity contribution in [3.8, 4) is 5.69 Å². The molecule has 2 aromatic rings. The van der Waals surface area contributed by atoms with Gasteiger partial charge in [0.1, 0.15) is 12.7 Å². The molecule has 0 atom stereocenters. The van der Waals surface area contributed by atoms with Crippen molar-refractivity contribution in [3.63, 3.8) is 0 Å². The number of carbonyl (C=O) groups is 1. The highest BCUT2D eigenvalue weighted by atomic mass is 16.1. The molecule has 0 unspecified atom stereocenters. The number of hydrogen-bond acceptors (Lipinski definition) is 4. The monoisotopic (exact) mass is 188 g/mol. The largest absolute Gasteiger partial charge is 0.294 e. The fourth-order valence-electron chi connectivity index (χ4n) is 1.09. The molecule has 0 spiro atoms. The van der Waals surface area contributed by atoms with E-state index in [4.69, 9.17) is 0 Å². The van der Waals surface area contributed by atoms with Crippen molar-refractivity contribution >= 4 is 5.78 Å². The van der Waals surface area contributed by atoms with E-state index in [0.29, 0.717) is 5.56 Å². The Morgan fingerprint density at radius 3 is 2.86 bits per heavy atom. The third-order valence-corrected chi connectivity index (χ3v) is 1.81. The predicted octanol–water partition coefficient (Wildman–Crippen LogP) is 0.865. The third kappa shape index (κ3) is 1.52. The Kier molecular flexibility index (Phi) is 2.06. The molecule has 0 saturated heterocycles. The fraction of sp³-hybridized carbons (Fsp3) is 0.111. The number of aromatic nitrogens is 4. The van der Waals surface area contributed by atoms with Crippen LogP contribution in [0.5, 0.6) is 0 Å². The number of carbonyl (C=O) groups excluding carboxylic acids is 1. The molecule has 0 aromatic carbocycles. The molecule has 5 heteroatoms. The zero-order chi connectivity index (χ0) is 9.97. The second-order valence-corrected chi connectivity index (χ2v) is 2.83. The van der Waals surface area contributed by atoms with Gasteiger partial charge in [-0.3, -0.25) is 9.78 Å². The van der Waals surface area contributed by atoms with Crippen LogP contribution in [0.4, 0.5) is 0 Å². The summed E-state index contributed by atoms with van der Waals surface area (Å²) in [7, 11) is 0. The maximum Gasteiger partial charge on any atom is 0.161 e. The Bertz CT molecular complexity index is 450. The smallest absolute Gasteiger partial charge is 0.161 e. The Balaban J connectivity index is 2.46. The summed E-state index contributed by atoms with van der Waals surface area (Å²) < 4.78 is 1.56. The fourth-order valence-corrected chi connectivity index (χ4v) is 1.09. The van der Waals surface area contributed by atoms with Gasteiger partial charge in [0.2, 0.25) is 0 Å². The summed E-state index contributed by atoms with van der Waals surface area (Å²) >= 11 is 0. The summed E-state index contributed by atoms with van der Waals surface area (Å²) in [5, 5.41) is 3.94. The van der Waals surface area contributed by atoms with Gasteiger partial charge in [-0.25, -0.2) is 9.67 Å². The molecular formula is C9H8N4O. The van der Waals surface area contributed by atoms with Crippen LogP contribution in [0.3, 0.4) is 0 Å². The lowest BCUT2D eigenvalue weighted by molar-refractivity contribution is 0.101. The van der Waals surface area contributed by atoms with Crippen molar-refractivity contribution in [3.05, 3.63) is 36.7 Å². The van der Waals surface area contributed by atoms with Gasteiger partial charge in [-0.15, -0.1) is 0 Å². The first-order valence-corrected chi connectivity index (χ1v) is 4.08. The quantitative estimate of drug-likeness (QED) is 0.656. The molecule has 2 rings (SSSR count). The van der Waals surface area contributed by atoms with E-state index in [0.717, 1.165) is 5.69 Å². The first-order valence-electron chi connectivity index (χ1n) is 4.08. The van der Waals surface area contributed by atoms with E-state index < -0.39 is 0 Å². The minimum Gasteiger partial charge on any atom is -0.294 e. The highest BCUT2D eigenvalue weighted by Gasteiger charge is 2.02. The first kappa shape index (κ1) is 8.55. The molecular weight excluding hydrogens is 180 g/mol. The minimum atomic E-state index is -0.0144. The van der Waals surface area contributed by atoms with E-state index in [9.17, 15) is 4.79 Å².